The van der Waals surface area contributed by atoms with Gasteiger partial charge in [-0.15, -0.1) is 0 Å². The molecule has 0 saturated heterocycles. The molecule has 0 heterocycles. The van der Waals surface area contributed by atoms with Crippen LogP contribution >= 0.6 is 7.81 Å². The molecule has 128 valence electrons. The summed E-state index contributed by atoms with van der Waals surface area (Å²) >= 11 is 0. The van der Waals surface area contributed by atoms with E-state index in [1.807, 2.05) is 0 Å². The molecule has 0 aliphatic carbocycles. The molecule has 0 bridgehead atoms. The summed E-state index contributed by atoms with van der Waals surface area (Å²) in [6.45, 7) is 12.1. The molecule has 0 N–H and O–H groups in total. The molecule has 20 heavy (non-hydrogen) atoms. The molecular formula is C11H26F6NOP. The monoisotopic (exact) mass is 333 g/mol. The number of nitrogens with zero attached hydrogens (tertiary/aromatic N) is 1. The van der Waals surface area contributed by atoms with Gasteiger partial charge in [-0.05, 0) is 19.8 Å². The Hall–Kier alpha value is -0.0700. The fraction of sp³-hybridized carbons (Fsp3) is 1.00. The summed E-state index contributed by atoms with van der Waals surface area (Å²) in [5.41, 5.74) is 0. The van der Waals surface area contributed by atoms with Crippen molar-refractivity contribution in [1.82, 2.24) is 0 Å². The third kappa shape index (κ3) is 17.9. The van der Waals surface area contributed by atoms with E-state index in [-0.39, 0.29) is 0 Å². The molecular weight excluding hydrogens is 307 g/mol. The van der Waals surface area contributed by atoms with Gasteiger partial charge in [-0.25, -0.2) is 0 Å². The summed E-state index contributed by atoms with van der Waals surface area (Å²) in [6.07, 6.45) is 2.68. The van der Waals surface area contributed by atoms with Gasteiger partial charge in [0, 0.05) is 6.92 Å². The van der Waals surface area contributed by atoms with E-state index >= 15 is 0 Å². The Morgan fingerprint density at radius 3 is 1.60 bits per heavy atom. The maximum atomic E-state index is 9.87. The van der Waals surface area contributed by atoms with Gasteiger partial charge in [-0.1, -0.05) is 13.8 Å². The van der Waals surface area contributed by atoms with Gasteiger partial charge in [0.1, 0.15) is 0 Å². The van der Waals surface area contributed by atoms with Crippen LogP contribution in [-0.2, 0) is 4.74 Å². The van der Waals surface area contributed by atoms with Crippen molar-refractivity contribution in [2.24, 2.45) is 0 Å². The molecule has 0 aromatic carbocycles. The van der Waals surface area contributed by atoms with Crippen LogP contribution in [-0.4, -0.2) is 37.5 Å². The first-order valence-electron chi connectivity index (χ1n) is 6.58. The van der Waals surface area contributed by atoms with Crippen molar-refractivity contribution in [2.75, 3.05) is 26.7 Å². The quantitative estimate of drug-likeness (QED) is 0.240. The molecule has 0 aromatic heterocycles. The number of quaternary nitrogens is 1. The van der Waals surface area contributed by atoms with E-state index in [4.69, 9.17) is 4.74 Å². The van der Waals surface area contributed by atoms with Crippen molar-refractivity contribution < 1.29 is 34.4 Å². The number of hydrogen-bond acceptors (Lipinski definition) is 1. The van der Waals surface area contributed by atoms with Gasteiger partial charge in [0.15, 0.2) is 6.23 Å². The molecule has 0 aliphatic rings. The van der Waals surface area contributed by atoms with Crippen LogP contribution in [0.25, 0.3) is 0 Å². The van der Waals surface area contributed by atoms with E-state index < -0.39 is 7.81 Å². The fourth-order valence-electron chi connectivity index (χ4n) is 1.58. The van der Waals surface area contributed by atoms with Gasteiger partial charge in [0.2, 0.25) is 0 Å². The van der Waals surface area contributed by atoms with Crippen molar-refractivity contribution >= 4 is 7.81 Å². The number of halogens is 6. The van der Waals surface area contributed by atoms with Crippen LogP contribution in [0.4, 0.5) is 25.2 Å². The first-order valence-corrected chi connectivity index (χ1v) is 8.60. The van der Waals surface area contributed by atoms with Gasteiger partial charge >= 0.3 is 33.0 Å². The van der Waals surface area contributed by atoms with Crippen LogP contribution in [0.3, 0.4) is 0 Å². The van der Waals surface area contributed by atoms with E-state index in [0.29, 0.717) is 6.23 Å². The van der Waals surface area contributed by atoms with Gasteiger partial charge in [0.25, 0.3) is 0 Å². The molecule has 0 aromatic rings. The average Bonchev–Trinajstić information content (AvgIpc) is 2.21. The topological polar surface area (TPSA) is 9.23 Å². The predicted octanol–water partition coefficient (Wildman–Crippen LogP) is 6.02. The molecule has 9 heteroatoms. The van der Waals surface area contributed by atoms with Gasteiger partial charge in [-0.2, -0.15) is 0 Å². The molecule has 0 fully saturated rings. The fourth-order valence-corrected chi connectivity index (χ4v) is 1.58. The number of hydrogen-bond donors (Lipinski definition) is 0. The van der Waals surface area contributed by atoms with E-state index in [1.54, 1.807) is 0 Å². The van der Waals surface area contributed by atoms with Crippen molar-refractivity contribution in [3.05, 3.63) is 0 Å². The van der Waals surface area contributed by atoms with E-state index in [1.165, 1.54) is 13.0 Å². The van der Waals surface area contributed by atoms with Gasteiger partial charge < -0.3 is 9.22 Å². The molecule has 0 saturated carbocycles. The summed E-state index contributed by atoms with van der Waals surface area (Å²) in [5.74, 6) is 0. The van der Waals surface area contributed by atoms with Crippen LogP contribution in [0, 0.1) is 0 Å². The Kier molecular flexibility index (Phi) is 7.55. The zero-order chi connectivity index (χ0) is 16.7. The van der Waals surface area contributed by atoms with Crippen LogP contribution in [0.5, 0.6) is 0 Å². The molecule has 0 amide bonds. The third-order valence-electron chi connectivity index (χ3n) is 2.90. The molecule has 0 radical (unpaired) electrons. The summed E-state index contributed by atoms with van der Waals surface area (Å²) in [7, 11) is -8.38. The van der Waals surface area contributed by atoms with Gasteiger partial charge in [-0.3, -0.25) is 0 Å². The first-order chi connectivity index (χ1) is 8.55. The Morgan fingerprint density at radius 1 is 0.950 bits per heavy atom. The Labute approximate surface area is 116 Å². The van der Waals surface area contributed by atoms with E-state index in [9.17, 15) is 25.2 Å². The molecule has 2 atom stereocenters. The minimum absolute atomic E-state index is 0.338. The first kappa shape index (κ1) is 22.2. The average molecular weight is 333 g/mol. The van der Waals surface area contributed by atoms with Crippen LogP contribution in [0.15, 0.2) is 0 Å². The minimum atomic E-state index is -10.7. The van der Waals surface area contributed by atoms with Crippen molar-refractivity contribution in [1.29, 1.82) is 0 Å². The second-order valence-corrected chi connectivity index (χ2v) is 6.86. The maximum absolute atomic E-state index is 10.7. The summed E-state index contributed by atoms with van der Waals surface area (Å²) in [6, 6.07) is 0. The Morgan fingerprint density at radius 2 is 1.35 bits per heavy atom. The van der Waals surface area contributed by atoms with E-state index in [2.05, 4.69) is 34.7 Å². The standard InChI is InChI=1S/C11H26NO.F6P/c1-6-9-12(5,8-3)11(4)13-10-7-2;1-7(2,3,4,5)6/h11H,6-10H2,1-5H3;/q+1;-1. The Balaban J connectivity index is 0. The van der Waals surface area contributed by atoms with Crippen LogP contribution < -0.4 is 0 Å². The number of ether oxygens (including phenoxy) is 1. The van der Waals surface area contributed by atoms with Crippen molar-refractivity contribution in [2.45, 2.75) is 46.8 Å². The predicted molar refractivity (Wildman–Crippen MR) is 71.2 cm³/mol. The Bertz CT molecular complexity index is 269. The van der Waals surface area contributed by atoms with Crippen molar-refractivity contribution in [3.8, 4) is 0 Å². The van der Waals surface area contributed by atoms with Crippen molar-refractivity contribution in [3.63, 3.8) is 0 Å². The van der Waals surface area contributed by atoms with Crippen LogP contribution in [0.2, 0.25) is 0 Å². The molecule has 0 spiro atoms. The zero-order valence-corrected chi connectivity index (χ0v) is 13.6. The second-order valence-electron chi connectivity index (χ2n) is 4.95. The van der Waals surface area contributed by atoms with E-state index in [0.717, 1.165) is 24.1 Å². The molecule has 0 aliphatic heterocycles. The third-order valence-corrected chi connectivity index (χ3v) is 2.90. The van der Waals surface area contributed by atoms with Crippen LogP contribution in [0.1, 0.15) is 40.5 Å². The molecule has 2 unspecified atom stereocenters. The summed E-state index contributed by atoms with van der Waals surface area (Å²) in [4.78, 5) is 0. The summed E-state index contributed by atoms with van der Waals surface area (Å²) in [5, 5.41) is 0. The second kappa shape index (κ2) is 6.79. The van der Waals surface area contributed by atoms with Gasteiger partial charge in [0.05, 0.1) is 26.7 Å². The normalized spacial score (nSPS) is 19.9. The zero-order valence-electron chi connectivity index (χ0n) is 12.7. The molecule has 0 rings (SSSR count). The SMILES string of the molecule is CCCOC(C)[N+](C)(CC)CCC.F[P-](F)(F)(F)(F)F. The summed E-state index contributed by atoms with van der Waals surface area (Å²) < 4.78 is 66.0. The number of rotatable bonds is 7. The molecule has 2 nitrogen and oxygen atoms in total.